The molecule has 1 unspecified atom stereocenters. The van der Waals surface area contributed by atoms with E-state index in [2.05, 4.69) is 22.8 Å². The maximum absolute atomic E-state index is 12.9. The fourth-order valence-corrected chi connectivity index (χ4v) is 5.59. The summed E-state index contributed by atoms with van der Waals surface area (Å²) in [5, 5.41) is 4.88. The molecular weight excluding hydrogens is 390 g/mol. The van der Waals surface area contributed by atoms with E-state index in [9.17, 15) is 4.79 Å². The number of morpholine rings is 1. The molecule has 4 heterocycles. The minimum atomic E-state index is 0.330. The van der Waals surface area contributed by atoms with Crippen LogP contribution in [0.15, 0.2) is 12.3 Å². The van der Waals surface area contributed by atoms with Crippen molar-refractivity contribution in [2.24, 2.45) is 5.92 Å². The van der Waals surface area contributed by atoms with Gasteiger partial charge in [0.15, 0.2) is 5.65 Å². The summed E-state index contributed by atoms with van der Waals surface area (Å²) in [4.78, 5) is 22.1. The van der Waals surface area contributed by atoms with Crippen LogP contribution in [-0.4, -0.2) is 69.7 Å². The number of nitrogens with zero attached hydrogens (tertiary/aromatic N) is 5. The van der Waals surface area contributed by atoms with Gasteiger partial charge in [0, 0.05) is 56.8 Å². The quantitative estimate of drug-likeness (QED) is 0.736. The second kappa shape index (κ2) is 9.25. The second-order valence-corrected chi connectivity index (χ2v) is 9.59. The van der Waals surface area contributed by atoms with Gasteiger partial charge >= 0.3 is 0 Å². The number of fused-ring (bicyclic) bond motifs is 1. The van der Waals surface area contributed by atoms with Gasteiger partial charge in [0.2, 0.25) is 5.91 Å². The molecule has 2 aliphatic heterocycles. The number of likely N-dealkylation sites (tertiary alicyclic amines) is 1. The lowest BCUT2D eigenvalue weighted by atomic mass is 9.87. The summed E-state index contributed by atoms with van der Waals surface area (Å²) in [6.45, 7) is 8.12. The summed E-state index contributed by atoms with van der Waals surface area (Å²) in [5.74, 6) is 1.28. The van der Waals surface area contributed by atoms with E-state index in [1.807, 2.05) is 10.7 Å². The first-order valence-corrected chi connectivity index (χ1v) is 12.1. The maximum Gasteiger partial charge on any atom is 0.222 e. The highest BCUT2D eigenvalue weighted by Crippen LogP contribution is 2.31. The van der Waals surface area contributed by atoms with Crippen LogP contribution in [0.1, 0.15) is 67.8 Å². The van der Waals surface area contributed by atoms with E-state index < -0.39 is 0 Å². The molecule has 1 atom stereocenters. The molecule has 5 rings (SSSR count). The largest absolute Gasteiger partial charge is 0.379 e. The summed E-state index contributed by atoms with van der Waals surface area (Å²) >= 11 is 0. The summed E-state index contributed by atoms with van der Waals surface area (Å²) in [7, 11) is 0. The van der Waals surface area contributed by atoms with E-state index >= 15 is 0 Å². The van der Waals surface area contributed by atoms with Crippen molar-refractivity contribution in [3.8, 4) is 0 Å². The van der Waals surface area contributed by atoms with Crippen LogP contribution < -0.4 is 0 Å². The molecule has 3 fully saturated rings. The van der Waals surface area contributed by atoms with Crippen molar-refractivity contribution in [3.05, 3.63) is 29.2 Å². The van der Waals surface area contributed by atoms with Crippen molar-refractivity contribution in [1.29, 1.82) is 0 Å². The third-order valence-corrected chi connectivity index (χ3v) is 7.48. The minimum Gasteiger partial charge on any atom is -0.379 e. The number of amides is 1. The Morgan fingerprint density at radius 1 is 1.13 bits per heavy atom. The van der Waals surface area contributed by atoms with Crippen LogP contribution >= 0.6 is 0 Å². The molecule has 7 nitrogen and oxygen atoms in total. The Morgan fingerprint density at radius 2 is 1.94 bits per heavy atom. The van der Waals surface area contributed by atoms with Crippen molar-refractivity contribution in [1.82, 2.24) is 24.4 Å². The normalized spacial score (nSPS) is 23.6. The lowest BCUT2D eigenvalue weighted by molar-refractivity contribution is -0.131. The molecule has 0 bridgehead atoms. The van der Waals surface area contributed by atoms with E-state index in [0.29, 0.717) is 17.7 Å². The van der Waals surface area contributed by atoms with E-state index in [-0.39, 0.29) is 0 Å². The van der Waals surface area contributed by atoms with E-state index in [4.69, 9.17) is 14.8 Å². The highest BCUT2D eigenvalue weighted by atomic mass is 16.5. The zero-order valence-corrected chi connectivity index (χ0v) is 18.8. The van der Waals surface area contributed by atoms with Gasteiger partial charge in [-0.3, -0.25) is 9.69 Å². The Kier molecular flexibility index (Phi) is 6.23. The van der Waals surface area contributed by atoms with Crippen molar-refractivity contribution >= 4 is 11.6 Å². The van der Waals surface area contributed by atoms with Crippen molar-refractivity contribution in [2.75, 3.05) is 39.4 Å². The summed E-state index contributed by atoms with van der Waals surface area (Å²) in [6.07, 6.45) is 10.0. The molecule has 2 aromatic rings. The molecule has 2 aromatic heterocycles. The summed E-state index contributed by atoms with van der Waals surface area (Å²) < 4.78 is 7.54. The third-order valence-electron chi connectivity index (χ3n) is 7.48. The van der Waals surface area contributed by atoms with E-state index in [0.717, 1.165) is 70.1 Å². The zero-order valence-electron chi connectivity index (χ0n) is 18.8. The first-order valence-electron chi connectivity index (χ1n) is 12.1. The minimum absolute atomic E-state index is 0.330. The molecule has 1 amide bonds. The molecule has 2 saturated heterocycles. The molecular formula is C24H35N5O2. The number of aromatic nitrogens is 3. The molecule has 0 N–H and O–H groups in total. The Labute approximate surface area is 184 Å². The number of aryl methyl sites for hydroxylation is 1. The van der Waals surface area contributed by atoms with E-state index in [1.54, 1.807) is 0 Å². The van der Waals surface area contributed by atoms with Gasteiger partial charge in [-0.2, -0.15) is 5.10 Å². The highest BCUT2D eigenvalue weighted by molar-refractivity contribution is 5.76. The number of hydrogen-bond donors (Lipinski definition) is 0. The second-order valence-electron chi connectivity index (χ2n) is 9.59. The van der Waals surface area contributed by atoms with Gasteiger partial charge in [-0.25, -0.2) is 9.50 Å². The predicted molar refractivity (Wildman–Crippen MR) is 119 cm³/mol. The SMILES string of the molecule is Cc1nn2c(C3CCN(C(=O)CC4CCCCC4)C3)ccnc2c1CN1CCOCC1. The molecule has 1 saturated carbocycles. The molecule has 7 heteroatoms. The smallest absolute Gasteiger partial charge is 0.222 e. The monoisotopic (exact) mass is 425 g/mol. The molecule has 1 aliphatic carbocycles. The van der Waals surface area contributed by atoms with Crippen LogP contribution in [0.4, 0.5) is 0 Å². The van der Waals surface area contributed by atoms with Crippen LogP contribution in [0.3, 0.4) is 0 Å². The van der Waals surface area contributed by atoms with Crippen molar-refractivity contribution < 1.29 is 9.53 Å². The Balaban J connectivity index is 1.30. The molecule has 0 radical (unpaired) electrons. The number of ether oxygens (including phenoxy) is 1. The number of carbonyl (C=O) groups is 1. The lowest BCUT2D eigenvalue weighted by Gasteiger charge is -2.26. The average molecular weight is 426 g/mol. The number of hydrogen-bond acceptors (Lipinski definition) is 5. The molecule has 168 valence electrons. The van der Waals surface area contributed by atoms with Crippen LogP contribution in [0.5, 0.6) is 0 Å². The molecule has 0 spiro atoms. The van der Waals surface area contributed by atoms with Crippen LogP contribution in [0, 0.1) is 12.8 Å². The van der Waals surface area contributed by atoms with Gasteiger partial charge in [0.25, 0.3) is 0 Å². The lowest BCUT2D eigenvalue weighted by Crippen LogP contribution is -2.35. The first-order chi connectivity index (χ1) is 15.2. The zero-order chi connectivity index (χ0) is 21.2. The fourth-order valence-electron chi connectivity index (χ4n) is 5.59. The number of rotatable bonds is 5. The average Bonchev–Trinajstić information content (AvgIpc) is 3.41. The Hall–Kier alpha value is -1.99. The summed E-state index contributed by atoms with van der Waals surface area (Å²) in [6, 6.07) is 2.09. The van der Waals surface area contributed by atoms with Gasteiger partial charge in [-0.15, -0.1) is 0 Å². The number of carbonyl (C=O) groups excluding carboxylic acids is 1. The van der Waals surface area contributed by atoms with Crippen LogP contribution in [0.25, 0.3) is 5.65 Å². The maximum atomic E-state index is 12.9. The van der Waals surface area contributed by atoms with Crippen LogP contribution in [0.2, 0.25) is 0 Å². The molecule has 0 aromatic carbocycles. The van der Waals surface area contributed by atoms with Gasteiger partial charge < -0.3 is 9.64 Å². The summed E-state index contributed by atoms with van der Waals surface area (Å²) in [5.41, 5.74) is 4.42. The standard InChI is InChI=1S/C24H35N5O2/c1-18-21(17-27-11-13-31-14-12-27)24-25-9-7-22(29(24)26-18)20-8-10-28(16-20)23(30)15-19-5-3-2-4-6-19/h7,9,19-20H,2-6,8,10-17H2,1H3. The highest BCUT2D eigenvalue weighted by Gasteiger charge is 2.31. The van der Waals surface area contributed by atoms with Crippen molar-refractivity contribution in [2.45, 2.75) is 64.3 Å². The molecule has 31 heavy (non-hydrogen) atoms. The fraction of sp³-hybridized carbons (Fsp3) is 0.708. The predicted octanol–water partition coefficient (Wildman–Crippen LogP) is 3.16. The Morgan fingerprint density at radius 3 is 2.74 bits per heavy atom. The third kappa shape index (κ3) is 4.48. The van der Waals surface area contributed by atoms with Gasteiger partial charge in [-0.05, 0) is 38.2 Å². The topological polar surface area (TPSA) is 63.0 Å². The first kappa shape index (κ1) is 20.9. The van der Waals surface area contributed by atoms with E-state index in [1.165, 1.54) is 43.4 Å². The van der Waals surface area contributed by atoms with Gasteiger partial charge in [0.05, 0.1) is 24.6 Å². The van der Waals surface area contributed by atoms with Crippen LogP contribution in [-0.2, 0) is 16.1 Å². The van der Waals surface area contributed by atoms with Gasteiger partial charge in [0.1, 0.15) is 0 Å². The Bertz CT molecular complexity index is 914. The van der Waals surface area contributed by atoms with Crippen molar-refractivity contribution in [3.63, 3.8) is 0 Å². The van der Waals surface area contributed by atoms with Gasteiger partial charge in [-0.1, -0.05) is 19.3 Å². The molecule has 3 aliphatic rings.